The van der Waals surface area contributed by atoms with Gasteiger partial charge in [-0.05, 0) is 32.9 Å². The molecule has 4 nitrogen and oxygen atoms in total. The first-order valence-corrected chi connectivity index (χ1v) is 6.43. The van der Waals surface area contributed by atoms with Crippen LogP contribution in [0.4, 0.5) is 4.39 Å². The first kappa shape index (κ1) is 14.0. The molecule has 2 aromatic rings. The largest absolute Gasteiger partial charge is 0.388 e. The summed E-state index contributed by atoms with van der Waals surface area (Å²) in [6, 6.07) is 5.04. The molecule has 5 heteroatoms. The van der Waals surface area contributed by atoms with Crippen molar-refractivity contribution in [2.24, 2.45) is 5.73 Å². The molecule has 0 bridgehead atoms. The van der Waals surface area contributed by atoms with Gasteiger partial charge in [0.25, 0.3) is 0 Å². The number of benzene rings is 1. The predicted octanol–water partition coefficient (Wildman–Crippen LogP) is 2.01. The minimum absolute atomic E-state index is 0.135. The van der Waals surface area contributed by atoms with Crippen molar-refractivity contribution in [3.63, 3.8) is 0 Å². The topological polar surface area (TPSA) is 64.1 Å². The average molecular weight is 265 g/mol. The first-order chi connectivity index (χ1) is 8.85. The van der Waals surface area contributed by atoms with Crippen molar-refractivity contribution in [1.82, 2.24) is 9.55 Å². The van der Waals surface area contributed by atoms with E-state index in [0.717, 1.165) is 5.52 Å². The van der Waals surface area contributed by atoms with Gasteiger partial charge in [0.15, 0.2) is 5.82 Å². The standard InChI is InChI=1S/C14H20FN3O/c1-9(2)18-11-6-4-5-10(15)13(11)17-12(18)7-14(3,19)8-16/h4-6,9,19H,7-8,16H2,1-3H3. The molecular weight excluding hydrogens is 245 g/mol. The summed E-state index contributed by atoms with van der Waals surface area (Å²) in [4.78, 5) is 4.34. The quantitative estimate of drug-likeness (QED) is 0.888. The second-order valence-electron chi connectivity index (χ2n) is 5.48. The Kier molecular flexibility index (Phi) is 3.60. The third-order valence-electron chi connectivity index (χ3n) is 3.24. The number of hydrogen-bond acceptors (Lipinski definition) is 3. The van der Waals surface area contributed by atoms with Gasteiger partial charge in [0, 0.05) is 19.0 Å². The molecule has 2 rings (SSSR count). The summed E-state index contributed by atoms with van der Waals surface area (Å²) in [5.41, 5.74) is 5.60. The maximum Gasteiger partial charge on any atom is 0.151 e. The fourth-order valence-corrected chi connectivity index (χ4v) is 2.24. The van der Waals surface area contributed by atoms with Gasteiger partial charge in [0.2, 0.25) is 0 Å². The van der Waals surface area contributed by atoms with Crippen molar-refractivity contribution in [3.8, 4) is 0 Å². The number of aliphatic hydroxyl groups is 1. The van der Waals surface area contributed by atoms with Crippen LogP contribution in [0.25, 0.3) is 11.0 Å². The lowest BCUT2D eigenvalue weighted by atomic mass is 10.0. The molecule has 0 aliphatic heterocycles. The smallest absolute Gasteiger partial charge is 0.151 e. The molecule has 1 atom stereocenters. The van der Waals surface area contributed by atoms with Crippen LogP contribution in [0.3, 0.4) is 0 Å². The van der Waals surface area contributed by atoms with Crippen LogP contribution in [-0.2, 0) is 6.42 Å². The molecule has 104 valence electrons. The van der Waals surface area contributed by atoms with Gasteiger partial charge in [0.1, 0.15) is 11.3 Å². The molecule has 0 spiro atoms. The van der Waals surface area contributed by atoms with E-state index in [2.05, 4.69) is 4.98 Å². The van der Waals surface area contributed by atoms with Crippen molar-refractivity contribution < 1.29 is 9.50 Å². The van der Waals surface area contributed by atoms with E-state index in [9.17, 15) is 9.50 Å². The zero-order valence-corrected chi connectivity index (χ0v) is 11.5. The Morgan fingerprint density at radius 2 is 2.16 bits per heavy atom. The zero-order chi connectivity index (χ0) is 14.2. The summed E-state index contributed by atoms with van der Waals surface area (Å²) in [5.74, 6) is 0.316. The van der Waals surface area contributed by atoms with E-state index in [-0.39, 0.29) is 18.4 Å². The van der Waals surface area contributed by atoms with Crippen molar-refractivity contribution in [2.75, 3.05) is 6.54 Å². The van der Waals surface area contributed by atoms with E-state index >= 15 is 0 Å². The molecule has 0 saturated carbocycles. The molecule has 1 aromatic carbocycles. The molecule has 19 heavy (non-hydrogen) atoms. The van der Waals surface area contributed by atoms with Gasteiger partial charge in [-0.1, -0.05) is 6.07 Å². The normalized spacial score (nSPS) is 15.1. The van der Waals surface area contributed by atoms with Crippen LogP contribution in [0, 0.1) is 5.82 Å². The highest BCUT2D eigenvalue weighted by Gasteiger charge is 2.24. The summed E-state index contributed by atoms with van der Waals surface area (Å²) >= 11 is 0. The molecule has 1 aromatic heterocycles. The minimum atomic E-state index is -1.04. The Morgan fingerprint density at radius 3 is 2.74 bits per heavy atom. The number of rotatable bonds is 4. The van der Waals surface area contributed by atoms with Crippen molar-refractivity contribution in [2.45, 2.75) is 38.8 Å². The van der Waals surface area contributed by atoms with Crippen LogP contribution in [-0.4, -0.2) is 26.8 Å². The number of fused-ring (bicyclic) bond motifs is 1. The van der Waals surface area contributed by atoms with Gasteiger partial charge in [-0.2, -0.15) is 0 Å². The number of hydrogen-bond donors (Lipinski definition) is 2. The summed E-state index contributed by atoms with van der Waals surface area (Å²) in [7, 11) is 0. The highest BCUT2D eigenvalue weighted by atomic mass is 19.1. The van der Waals surface area contributed by atoms with Gasteiger partial charge in [-0.3, -0.25) is 0 Å². The SMILES string of the molecule is CC(C)n1c(CC(C)(O)CN)nc2c(F)cccc21. The summed E-state index contributed by atoms with van der Waals surface area (Å²) in [6.07, 6.45) is 0.301. The van der Waals surface area contributed by atoms with Crippen molar-refractivity contribution >= 4 is 11.0 Å². The van der Waals surface area contributed by atoms with Gasteiger partial charge in [-0.25, -0.2) is 9.37 Å². The van der Waals surface area contributed by atoms with E-state index in [1.165, 1.54) is 6.07 Å². The third kappa shape index (κ3) is 2.62. The summed E-state index contributed by atoms with van der Waals surface area (Å²) in [6.45, 7) is 5.81. The monoisotopic (exact) mass is 265 g/mol. The number of para-hydroxylation sites is 1. The summed E-state index contributed by atoms with van der Waals surface area (Å²) in [5, 5.41) is 10.1. The first-order valence-electron chi connectivity index (χ1n) is 6.43. The Labute approximate surface area is 112 Å². The number of aromatic nitrogens is 2. The minimum Gasteiger partial charge on any atom is -0.388 e. The number of nitrogens with two attached hydrogens (primary N) is 1. The molecule has 3 N–H and O–H groups in total. The lowest BCUT2D eigenvalue weighted by molar-refractivity contribution is 0.0665. The number of imidazole rings is 1. The van der Waals surface area contributed by atoms with Gasteiger partial charge >= 0.3 is 0 Å². The van der Waals surface area contributed by atoms with Crippen LogP contribution in [0.5, 0.6) is 0 Å². The fourth-order valence-electron chi connectivity index (χ4n) is 2.24. The Hall–Kier alpha value is -1.46. The molecular formula is C14H20FN3O. The third-order valence-corrected chi connectivity index (χ3v) is 3.24. The molecule has 1 unspecified atom stereocenters. The highest BCUT2D eigenvalue weighted by Crippen LogP contribution is 2.25. The maximum absolute atomic E-state index is 13.8. The van der Waals surface area contributed by atoms with E-state index in [0.29, 0.717) is 17.8 Å². The highest BCUT2D eigenvalue weighted by molar-refractivity contribution is 5.76. The fraction of sp³-hybridized carbons (Fsp3) is 0.500. The lowest BCUT2D eigenvalue weighted by Gasteiger charge is -2.22. The maximum atomic E-state index is 13.8. The number of nitrogens with zero attached hydrogens (tertiary/aromatic N) is 2. The molecule has 0 amide bonds. The van der Waals surface area contributed by atoms with Gasteiger partial charge < -0.3 is 15.4 Å². The van der Waals surface area contributed by atoms with Crippen molar-refractivity contribution in [1.29, 1.82) is 0 Å². The molecule has 0 saturated heterocycles. The van der Waals surface area contributed by atoms with E-state index < -0.39 is 5.60 Å². The van der Waals surface area contributed by atoms with E-state index in [1.807, 2.05) is 24.5 Å². The number of halogens is 1. The lowest BCUT2D eigenvalue weighted by Crippen LogP contribution is -2.37. The van der Waals surface area contributed by atoms with Gasteiger partial charge in [-0.15, -0.1) is 0 Å². The van der Waals surface area contributed by atoms with E-state index in [4.69, 9.17) is 5.73 Å². The molecule has 0 fully saturated rings. The average Bonchev–Trinajstić information content (AvgIpc) is 2.68. The van der Waals surface area contributed by atoms with Crippen LogP contribution in [0.1, 0.15) is 32.6 Å². The second kappa shape index (κ2) is 4.90. The Bertz CT molecular complexity index is 590. The van der Waals surface area contributed by atoms with Crippen LogP contribution < -0.4 is 5.73 Å². The van der Waals surface area contributed by atoms with Crippen molar-refractivity contribution in [3.05, 3.63) is 29.8 Å². The Balaban J connectivity index is 2.60. The van der Waals surface area contributed by atoms with Crippen LogP contribution in [0.15, 0.2) is 18.2 Å². The Morgan fingerprint density at radius 1 is 1.47 bits per heavy atom. The van der Waals surface area contributed by atoms with Crippen LogP contribution in [0.2, 0.25) is 0 Å². The van der Waals surface area contributed by atoms with E-state index in [1.54, 1.807) is 13.0 Å². The zero-order valence-electron chi connectivity index (χ0n) is 11.5. The molecule has 0 aliphatic rings. The van der Waals surface area contributed by atoms with Crippen LogP contribution >= 0.6 is 0 Å². The summed E-state index contributed by atoms with van der Waals surface area (Å²) < 4.78 is 15.7. The molecule has 0 radical (unpaired) electrons. The molecule has 0 aliphatic carbocycles. The molecule has 1 heterocycles. The predicted molar refractivity (Wildman–Crippen MR) is 73.5 cm³/mol. The van der Waals surface area contributed by atoms with Gasteiger partial charge in [0.05, 0.1) is 11.1 Å². The second-order valence-corrected chi connectivity index (χ2v) is 5.48.